The number of aliphatic hydroxyl groups is 1. The molecule has 0 aliphatic heterocycles. The lowest BCUT2D eigenvalue weighted by atomic mass is 10.0. The third kappa shape index (κ3) is 2.15. The molecule has 0 aliphatic carbocycles. The van der Waals surface area contributed by atoms with Crippen LogP contribution in [0.4, 0.5) is 0 Å². The number of aryl methyl sites for hydroxylation is 3. The Bertz CT molecular complexity index is 504. The molecular weight excluding hydrogens is 218 g/mol. The van der Waals surface area contributed by atoms with E-state index in [0.717, 1.165) is 22.5 Å². The van der Waals surface area contributed by atoms with E-state index in [1.807, 2.05) is 44.4 Å². The summed E-state index contributed by atoms with van der Waals surface area (Å²) >= 11 is 1.66. The van der Waals surface area contributed by atoms with Crippen molar-refractivity contribution in [1.29, 1.82) is 0 Å². The molecule has 0 saturated heterocycles. The fourth-order valence-corrected chi connectivity index (χ4v) is 2.50. The third-order valence-corrected chi connectivity index (χ3v) is 3.51. The van der Waals surface area contributed by atoms with Gasteiger partial charge >= 0.3 is 0 Å². The Morgan fingerprint density at radius 3 is 2.56 bits per heavy atom. The lowest BCUT2D eigenvalue weighted by Gasteiger charge is -2.12. The number of thiophene rings is 1. The first-order chi connectivity index (χ1) is 7.58. The average molecular weight is 233 g/mol. The van der Waals surface area contributed by atoms with Crippen molar-refractivity contribution in [2.75, 3.05) is 0 Å². The Hall–Kier alpha value is -1.19. The molecule has 16 heavy (non-hydrogen) atoms. The molecule has 0 bridgehead atoms. The van der Waals surface area contributed by atoms with Gasteiger partial charge in [-0.2, -0.15) is 0 Å². The monoisotopic (exact) mass is 233 g/mol. The minimum absolute atomic E-state index is 0.557. The van der Waals surface area contributed by atoms with Crippen LogP contribution in [-0.2, 0) is 0 Å². The molecule has 0 aromatic carbocycles. The molecule has 1 atom stereocenters. The standard InChI is InChI=1S/C13H15NOS/c1-8-4-5-12(10(3)14-8)13(15)11-6-9(2)16-7-11/h4-7,13,15H,1-3H3. The normalized spacial score (nSPS) is 12.8. The summed E-state index contributed by atoms with van der Waals surface area (Å²) in [5.41, 5.74) is 3.73. The average Bonchev–Trinajstić information content (AvgIpc) is 2.64. The van der Waals surface area contributed by atoms with Crippen LogP contribution < -0.4 is 0 Å². The topological polar surface area (TPSA) is 33.1 Å². The highest BCUT2D eigenvalue weighted by atomic mass is 32.1. The van der Waals surface area contributed by atoms with E-state index >= 15 is 0 Å². The number of pyridine rings is 1. The van der Waals surface area contributed by atoms with Gasteiger partial charge in [-0.05, 0) is 43.8 Å². The summed E-state index contributed by atoms with van der Waals surface area (Å²) < 4.78 is 0. The van der Waals surface area contributed by atoms with Crippen molar-refractivity contribution in [3.63, 3.8) is 0 Å². The lowest BCUT2D eigenvalue weighted by molar-refractivity contribution is 0.219. The lowest BCUT2D eigenvalue weighted by Crippen LogP contribution is -2.03. The van der Waals surface area contributed by atoms with Gasteiger partial charge in [-0.3, -0.25) is 4.98 Å². The highest BCUT2D eigenvalue weighted by Crippen LogP contribution is 2.27. The molecule has 2 aromatic heterocycles. The summed E-state index contributed by atoms with van der Waals surface area (Å²) in [6.45, 7) is 5.93. The van der Waals surface area contributed by atoms with E-state index in [-0.39, 0.29) is 0 Å². The molecule has 0 spiro atoms. The first kappa shape index (κ1) is 11.3. The van der Waals surface area contributed by atoms with Gasteiger partial charge in [0.25, 0.3) is 0 Å². The van der Waals surface area contributed by atoms with E-state index in [1.54, 1.807) is 11.3 Å². The molecule has 84 valence electrons. The van der Waals surface area contributed by atoms with Gasteiger partial charge in [0.1, 0.15) is 6.10 Å². The molecule has 0 aliphatic rings. The zero-order chi connectivity index (χ0) is 11.7. The van der Waals surface area contributed by atoms with Crippen molar-refractivity contribution in [2.24, 2.45) is 0 Å². The molecule has 2 nitrogen and oxygen atoms in total. The van der Waals surface area contributed by atoms with E-state index in [9.17, 15) is 5.11 Å². The molecule has 0 fully saturated rings. The molecule has 2 heterocycles. The maximum absolute atomic E-state index is 10.2. The highest BCUT2D eigenvalue weighted by Gasteiger charge is 2.14. The maximum atomic E-state index is 10.2. The largest absolute Gasteiger partial charge is 0.384 e. The molecule has 2 aromatic rings. The van der Waals surface area contributed by atoms with E-state index in [0.29, 0.717) is 0 Å². The summed E-state index contributed by atoms with van der Waals surface area (Å²) in [6.07, 6.45) is -0.557. The second-order valence-electron chi connectivity index (χ2n) is 4.02. The molecule has 2 rings (SSSR count). The number of nitrogens with zero attached hydrogens (tertiary/aromatic N) is 1. The molecule has 1 unspecified atom stereocenters. The summed E-state index contributed by atoms with van der Waals surface area (Å²) in [6, 6.07) is 5.91. The molecular formula is C13H15NOS. The van der Waals surface area contributed by atoms with Crippen molar-refractivity contribution in [3.05, 3.63) is 51.0 Å². The zero-order valence-electron chi connectivity index (χ0n) is 9.69. The van der Waals surface area contributed by atoms with Crippen LogP contribution in [0.25, 0.3) is 0 Å². The number of rotatable bonds is 2. The molecule has 0 radical (unpaired) electrons. The van der Waals surface area contributed by atoms with E-state index < -0.39 is 6.10 Å². The SMILES string of the molecule is Cc1ccc(C(O)c2csc(C)c2)c(C)n1. The van der Waals surface area contributed by atoms with Gasteiger partial charge < -0.3 is 5.11 Å². The van der Waals surface area contributed by atoms with Gasteiger partial charge in [-0.15, -0.1) is 11.3 Å². The van der Waals surface area contributed by atoms with Crippen LogP contribution >= 0.6 is 11.3 Å². The number of aliphatic hydroxyl groups excluding tert-OH is 1. The summed E-state index contributed by atoms with van der Waals surface area (Å²) in [4.78, 5) is 5.58. The van der Waals surface area contributed by atoms with Crippen LogP contribution in [0.5, 0.6) is 0 Å². The Morgan fingerprint density at radius 2 is 2.00 bits per heavy atom. The first-order valence-electron chi connectivity index (χ1n) is 5.25. The molecule has 0 amide bonds. The van der Waals surface area contributed by atoms with Crippen molar-refractivity contribution >= 4 is 11.3 Å². The van der Waals surface area contributed by atoms with Crippen molar-refractivity contribution < 1.29 is 5.11 Å². The van der Waals surface area contributed by atoms with Gasteiger partial charge in [-0.1, -0.05) is 6.07 Å². The minimum atomic E-state index is -0.557. The van der Waals surface area contributed by atoms with E-state index in [4.69, 9.17) is 0 Å². The predicted octanol–water partition coefficient (Wildman–Crippen LogP) is 3.15. The molecule has 0 saturated carbocycles. The number of aromatic nitrogens is 1. The number of hydrogen-bond acceptors (Lipinski definition) is 3. The first-order valence-corrected chi connectivity index (χ1v) is 6.13. The van der Waals surface area contributed by atoms with Crippen molar-refractivity contribution in [1.82, 2.24) is 4.98 Å². The Labute approximate surface area is 99.6 Å². The highest BCUT2D eigenvalue weighted by molar-refractivity contribution is 7.10. The maximum Gasteiger partial charge on any atom is 0.107 e. The third-order valence-electron chi connectivity index (χ3n) is 2.63. The van der Waals surface area contributed by atoms with Gasteiger partial charge in [0.15, 0.2) is 0 Å². The number of hydrogen-bond donors (Lipinski definition) is 1. The van der Waals surface area contributed by atoms with E-state index in [2.05, 4.69) is 4.98 Å². The summed E-state index contributed by atoms with van der Waals surface area (Å²) in [7, 11) is 0. The molecule has 1 N–H and O–H groups in total. The Morgan fingerprint density at radius 1 is 1.25 bits per heavy atom. The van der Waals surface area contributed by atoms with Gasteiger partial charge in [0.2, 0.25) is 0 Å². The van der Waals surface area contributed by atoms with Crippen molar-refractivity contribution in [2.45, 2.75) is 26.9 Å². The van der Waals surface area contributed by atoms with Crippen LogP contribution in [0.2, 0.25) is 0 Å². The van der Waals surface area contributed by atoms with Crippen LogP contribution in [0.3, 0.4) is 0 Å². The fraction of sp³-hybridized carbons (Fsp3) is 0.308. The van der Waals surface area contributed by atoms with Crippen molar-refractivity contribution in [3.8, 4) is 0 Å². The van der Waals surface area contributed by atoms with Crippen LogP contribution in [0.1, 0.15) is 33.5 Å². The van der Waals surface area contributed by atoms with Crippen LogP contribution in [-0.4, -0.2) is 10.1 Å². The second kappa shape index (κ2) is 4.36. The van der Waals surface area contributed by atoms with Crippen LogP contribution in [0.15, 0.2) is 23.6 Å². The van der Waals surface area contributed by atoms with Crippen LogP contribution in [0, 0.1) is 20.8 Å². The minimum Gasteiger partial charge on any atom is -0.384 e. The smallest absolute Gasteiger partial charge is 0.107 e. The Kier molecular flexibility index (Phi) is 3.08. The predicted molar refractivity (Wildman–Crippen MR) is 66.8 cm³/mol. The zero-order valence-corrected chi connectivity index (χ0v) is 10.5. The quantitative estimate of drug-likeness (QED) is 0.864. The van der Waals surface area contributed by atoms with Gasteiger partial charge in [-0.25, -0.2) is 0 Å². The van der Waals surface area contributed by atoms with E-state index in [1.165, 1.54) is 4.88 Å². The second-order valence-corrected chi connectivity index (χ2v) is 5.14. The summed E-state index contributed by atoms with van der Waals surface area (Å²) in [5.74, 6) is 0. The van der Waals surface area contributed by atoms with Gasteiger partial charge in [0, 0.05) is 21.8 Å². The fourth-order valence-electron chi connectivity index (χ4n) is 1.77. The molecule has 3 heteroatoms. The summed E-state index contributed by atoms with van der Waals surface area (Å²) in [5, 5.41) is 12.2. The van der Waals surface area contributed by atoms with Gasteiger partial charge in [0.05, 0.1) is 0 Å². The Balaban J connectivity index is 2.37.